The third-order valence-electron chi connectivity index (χ3n) is 7.04. The predicted octanol–water partition coefficient (Wildman–Crippen LogP) is 3.87. The van der Waals surface area contributed by atoms with Crippen LogP contribution in [0.1, 0.15) is 34.3 Å². The highest BCUT2D eigenvalue weighted by atomic mass is 16.2. The van der Waals surface area contributed by atoms with E-state index in [1.54, 1.807) is 0 Å². The largest absolute Gasteiger partial charge is 0.355 e. The van der Waals surface area contributed by atoms with Gasteiger partial charge in [0.2, 0.25) is 5.91 Å². The van der Waals surface area contributed by atoms with Gasteiger partial charge in [-0.1, -0.05) is 60.7 Å². The third-order valence-corrected chi connectivity index (χ3v) is 7.04. The third kappa shape index (κ3) is 4.79. The molecule has 1 fully saturated rings. The van der Waals surface area contributed by atoms with Crippen LogP contribution in [0.3, 0.4) is 0 Å². The summed E-state index contributed by atoms with van der Waals surface area (Å²) in [4.78, 5) is 30.4. The Morgan fingerprint density at radius 3 is 2.61 bits per heavy atom. The molecule has 0 aliphatic carbocycles. The molecular weight excluding hydrogens is 410 g/mol. The summed E-state index contributed by atoms with van der Waals surface area (Å²) in [6.07, 6.45) is 2.76. The number of nitrogens with one attached hydrogen (secondary N) is 1. The van der Waals surface area contributed by atoms with Crippen molar-refractivity contribution in [3.8, 4) is 0 Å². The molecule has 5 heteroatoms. The number of rotatable bonds is 5. The van der Waals surface area contributed by atoms with Crippen LogP contribution >= 0.6 is 0 Å². The first-order valence-corrected chi connectivity index (χ1v) is 12.0. The van der Waals surface area contributed by atoms with Gasteiger partial charge in [0.05, 0.1) is 5.92 Å². The van der Waals surface area contributed by atoms with Crippen LogP contribution in [-0.4, -0.2) is 54.3 Å². The fourth-order valence-electron chi connectivity index (χ4n) is 5.18. The van der Waals surface area contributed by atoms with Gasteiger partial charge in [-0.25, -0.2) is 0 Å². The molecule has 0 radical (unpaired) electrons. The second-order valence-corrected chi connectivity index (χ2v) is 9.20. The Kier molecular flexibility index (Phi) is 6.40. The van der Waals surface area contributed by atoms with Gasteiger partial charge in [0.1, 0.15) is 0 Å². The number of amides is 2. The first kappa shape index (κ1) is 21.7. The first-order chi connectivity index (χ1) is 16.2. The summed E-state index contributed by atoms with van der Waals surface area (Å²) in [5.74, 6) is -0.0427. The minimum absolute atomic E-state index is 0.0243. The number of hydrogen-bond donors (Lipinski definition) is 1. The Hall–Kier alpha value is -3.18. The maximum absolute atomic E-state index is 13.3. The van der Waals surface area contributed by atoms with Gasteiger partial charge in [-0.3, -0.25) is 14.5 Å². The molecule has 2 amide bonds. The fourth-order valence-corrected chi connectivity index (χ4v) is 5.18. The van der Waals surface area contributed by atoms with E-state index >= 15 is 0 Å². The van der Waals surface area contributed by atoms with Crippen LogP contribution in [0, 0.1) is 5.92 Å². The molecular formula is C28H31N3O2. The number of fused-ring (bicyclic) bond motifs is 2. The molecule has 0 unspecified atom stereocenters. The summed E-state index contributed by atoms with van der Waals surface area (Å²) >= 11 is 0. The molecule has 1 saturated heterocycles. The Morgan fingerprint density at radius 1 is 0.909 bits per heavy atom. The monoisotopic (exact) mass is 441 g/mol. The lowest BCUT2D eigenvalue weighted by Gasteiger charge is -2.33. The van der Waals surface area contributed by atoms with Crippen molar-refractivity contribution in [1.82, 2.24) is 15.1 Å². The molecule has 2 aliphatic rings. The number of piperidine rings is 1. The molecule has 2 heterocycles. The molecule has 3 aromatic carbocycles. The van der Waals surface area contributed by atoms with Crippen LogP contribution in [0.25, 0.3) is 10.8 Å². The van der Waals surface area contributed by atoms with Crippen molar-refractivity contribution in [2.24, 2.45) is 5.92 Å². The van der Waals surface area contributed by atoms with Crippen LogP contribution in [-0.2, 0) is 17.8 Å². The first-order valence-electron chi connectivity index (χ1n) is 12.0. The summed E-state index contributed by atoms with van der Waals surface area (Å²) < 4.78 is 0. The van der Waals surface area contributed by atoms with Crippen LogP contribution < -0.4 is 5.32 Å². The zero-order valence-corrected chi connectivity index (χ0v) is 19.0. The average Bonchev–Trinajstić information content (AvgIpc) is 2.88. The van der Waals surface area contributed by atoms with Crippen LogP contribution in [0.2, 0.25) is 0 Å². The van der Waals surface area contributed by atoms with E-state index in [1.807, 2.05) is 47.4 Å². The topological polar surface area (TPSA) is 52.7 Å². The second kappa shape index (κ2) is 9.75. The SMILES string of the molecule is O=C(NCCN1CCc2ccccc2C1)[C@H]1CCCN(C(=O)c2cccc3ccccc23)C1. The van der Waals surface area contributed by atoms with E-state index < -0.39 is 0 Å². The molecule has 3 aromatic rings. The van der Waals surface area contributed by atoms with E-state index in [2.05, 4.69) is 34.5 Å². The average molecular weight is 442 g/mol. The minimum atomic E-state index is -0.139. The van der Waals surface area contributed by atoms with Crippen molar-refractivity contribution >= 4 is 22.6 Å². The van der Waals surface area contributed by atoms with Crippen LogP contribution in [0.4, 0.5) is 0 Å². The minimum Gasteiger partial charge on any atom is -0.355 e. The van der Waals surface area contributed by atoms with E-state index in [4.69, 9.17) is 0 Å². The Labute approximate surface area is 195 Å². The van der Waals surface area contributed by atoms with Gasteiger partial charge < -0.3 is 10.2 Å². The molecule has 1 atom stereocenters. The highest BCUT2D eigenvalue weighted by Crippen LogP contribution is 2.24. The summed E-state index contributed by atoms with van der Waals surface area (Å²) in [5.41, 5.74) is 3.56. The molecule has 0 aromatic heterocycles. The Morgan fingerprint density at radius 2 is 1.70 bits per heavy atom. The Balaban J connectivity index is 1.15. The lowest BCUT2D eigenvalue weighted by molar-refractivity contribution is -0.126. The summed E-state index contributed by atoms with van der Waals surface area (Å²) in [5, 5.41) is 5.17. The van der Waals surface area contributed by atoms with Gasteiger partial charge in [-0.05, 0) is 47.2 Å². The van der Waals surface area contributed by atoms with Crippen LogP contribution in [0.15, 0.2) is 66.7 Å². The van der Waals surface area contributed by atoms with E-state index in [1.165, 1.54) is 11.1 Å². The second-order valence-electron chi connectivity index (χ2n) is 9.20. The van der Waals surface area contributed by atoms with Gasteiger partial charge in [0.15, 0.2) is 0 Å². The highest BCUT2D eigenvalue weighted by molar-refractivity contribution is 6.07. The fraction of sp³-hybridized carbons (Fsp3) is 0.357. The number of carbonyl (C=O) groups excluding carboxylic acids is 2. The van der Waals surface area contributed by atoms with Gasteiger partial charge in [-0.2, -0.15) is 0 Å². The molecule has 5 rings (SSSR count). The van der Waals surface area contributed by atoms with Gasteiger partial charge in [-0.15, -0.1) is 0 Å². The number of nitrogens with zero attached hydrogens (tertiary/aromatic N) is 2. The van der Waals surface area contributed by atoms with Crippen molar-refractivity contribution in [2.75, 3.05) is 32.7 Å². The van der Waals surface area contributed by atoms with Gasteiger partial charge in [0, 0.05) is 44.8 Å². The van der Waals surface area contributed by atoms with Crippen LogP contribution in [0.5, 0.6) is 0 Å². The van der Waals surface area contributed by atoms with E-state index in [0.29, 0.717) is 19.6 Å². The quantitative estimate of drug-likeness (QED) is 0.654. The summed E-state index contributed by atoms with van der Waals surface area (Å²) in [6, 6.07) is 22.4. The highest BCUT2D eigenvalue weighted by Gasteiger charge is 2.29. The van der Waals surface area contributed by atoms with Crippen molar-refractivity contribution in [2.45, 2.75) is 25.8 Å². The zero-order valence-electron chi connectivity index (χ0n) is 19.0. The normalized spacial score (nSPS) is 18.7. The van der Waals surface area contributed by atoms with Crippen molar-refractivity contribution < 1.29 is 9.59 Å². The van der Waals surface area contributed by atoms with Crippen molar-refractivity contribution in [3.63, 3.8) is 0 Å². The lowest BCUT2D eigenvalue weighted by atomic mass is 9.95. The van der Waals surface area contributed by atoms with Crippen molar-refractivity contribution in [1.29, 1.82) is 0 Å². The summed E-state index contributed by atoms with van der Waals surface area (Å²) in [7, 11) is 0. The van der Waals surface area contributed by atoms with Gasteiger partial charge in [0.25, 0.3) is 5.91 Å². The molecule has 0 bridgehead atoms. The van der Waals surface area contributed by atoms with E-state index in [0.717, 1.165) is 55.2 Å². The standard InChI is InChI=1S/C28H31N3O2/c32-27(29-15-18-30-17-14-21-7-1-2-9-23(21)19-30)24-11-6-16-31(20-24)28(33)26-13-5-10-22-8-3-4-12-25(22)26/h1-5,7-10,12-13,24H,6,11,14-20H2,(H,29,32)/t24-/m0/s1. The molecule has 5 nitrogen and oxygen atoms in total. The van der Waals surface area contributed by atoms with Crippen molar-refractivity contribution in [3.05, 3.63) is 83.4 Å². The molecule has 2 aliphatic heterocycles. The maximum Gasteiger partial charge on any atom is 0.254 e. The molecule has 0 spiro atoms. The van der Waals surface area contributed by atoms with E-state index in [-0.39, 0.29) is 17.7 Å². The van der Waals surface area contributed by atoms with Gasteiger partial charge >= 0.3 is 0 Å². The molecule has 1 N–H and O–H groups in total. The Bertz CT molecular complexity index is 1150. The number of hydrogen-bond acceptors (Lipinski definition) is 3. The zero-order chi connectivity index (χ0) is 22.6. The smallest absolute Gasteiger partial charge is 0.254 e. The maximum atomic E-state index is 13.3. The summed E-state index contributed by atoms with van der Waals surface area (Å²) in [6.45, 7) is 4.68. The number of benzene rings is 3. The lowest BCUT2D eigenvalue weighted by Crippen LogP contribution is -2.46. The molecule has 33 heavy (non-hydrogen) atoms. The molecule has 170 valence electrons. The number of likely N-dealkylation sites (tertiary alicyclic amines) is 1. The predicted molar refractivity (Wildman–Crippen MR) is 131 cm³/mol. The van der Waals surface area contributed by atoms with E-state index in [9.17, 15) is 9.59 Å². The molecule has 0 saturated carbocycles. The number of carbonyl (C=O) groups is 2.